The first kappa shape index (κ1) is 27.7. The molecule has 4 aromatic rings. The summed E-state index contributed by atoms with van der Waals surface area (Å²) in [5.74, 6) is -4.81. The molecule has 2 bridgehead atoms. The van der Waals surface area contributed by atoms with Crippen molar-refractivity contribution in [3.05, 3.63) is 146 Å². The summed E-state index contributed by atoms with van der Waals surface area (Å²) in [6, 6.07) is 25.2. The second-order valence-corrected chi connectivity index (χ2v) is 11.7. The molecule has 9 nitrogen and oxygen atoms in total. The number of benzene rings is 4. The molecule has 3 amide bonds. The lowest BCUT2D eigenvalue weighted by Crippen LogP contribution is -2.56. The Morgan fingerprint density at radius 2 is 1.18 bits per heavy atom. The molecule has 0 aromatic heterocycles. The normalized spacial score (nSPS) is 21.7. The Balaban J connectivity index is 1.35. The number of halogens is 1. The second kappa shape index (κ2) is 10.2. The van der Waals surface area contributed by atoms with Gasteiger partial charge in [0, 0.05) is 40.1 Å². The largest absolute Gasteiger partial charge is 0.292 e. The van der Waals surface area contributed by atoms with Crippen LogP contribution in [0.1, 0.15) is 61.7 Å². The Bertz CT molecular complexity index is 1770. The number of Topliss-reactive ketones (excluding diaryl/α,β-unsaturated/α-hetero) is 1. The Kier molecular flexibility index (Phi) is 6.44. The van der Waals surface area contributed by atoms with Gasteiger partial charge in [0.25, 0.3) is 23.4 Å². The summed E-state index contributed by atoms with van der Waals surface area (Å²) >= 11 is 6.02. The van der Waals surface area contributed by atoms with Gasteiger partial charge in [-0.25, -0.2) is 5.01 Å². The molecule has 0 radical (unpaired) electrons. The summed E-state index contributed by atoms with van der Waals surface area (Å²) in [6.07, 6.45) is 0. The Hall–Kier alpha value is -5.15. The molecule has 3 atom stereocenters. The van der Waals surface area contributed by atoms with Crippen molar-refractivity contribution in [2.45, 2.75) is 24.8 Å². The molecule has 44 heavy (non-hydrogen) atoms. The van der Waals surface area contributed by atoms with Gasteiger partial charge in [0.1, 0.15) is 6.04 Å². The first-order chi connectivity index (χ1) is 21.2. The summed E-state index contributed by atoms with van der Waals surface area (Å²) in [7, 11) is 0. The number of amides is 3. The van der Waals surface area contributed by atoms with Crippen LogP contribution in [0, 0.1) is 22.0 Å². The van der Waals surface area contributed by atoms with E-state index in [1.165, 1.54) is 43.3 Å². The van der Waals surface area contributed by atoms with Crippen LogP contribution in [-0.4, -0.2) is 44.5 Å². The molecular formula is C34H24ClN3O6. The fraction of sp³-hybridized carbons (Fsp3) is 0.176. The van der Waals surface area contributed by atoms with Gasteiger partial charge in [-0.3, -0.25) is 29.3 Å². The number of hydrazine groups is 1. The zero-order valence-corrected chi connectivity index (χ0v) is 24.0. The van der Waals surface area contributed by atoms with E-state index in [1.54, 1.807) is 0 Å². The van der Waals surface area contributed by atoms with Crippen molar-refractivity contribution in [2.75, 3.05) is 0 Å². The van der Waals surface area contributed by atoms with E-state index in [4.69, 9.17) is 11.6 Å². The number of rotatable bonds is 6. The number of non-ortho nitro benzene ring substituents is 1. The fourth-order valence-electron chi connectivity index (χ4n) is 7.14. The molecule has 4 aliphatic rings. The predicted molar refractivity (Wildman–Crippen MR) is 160 cm³/mol. The summed E-state index contributed by atoms with van der Waals surface area (Å²) in [5.41, 5.74) is 3.87. The van der Waals surface area contributed by atoms with Crippen molar-refractivity contribution in [3.8, 4) is 0 Å². The van der Waals surface area contributed by atoms with Gasteiger partial charge in [-0.15, -0.1) is 0 Å². The molecule has 0 spiro atoms. The minimum absolute atomic E-state index is 0.0172. The lowest BCUT2D eigenvalue weighted by atomic mass is 9.55. The van der Waals surface area contributed by atoms with E-state index in [0.29, 0.717) is 5.02 Å². The minimum atomic E-state index is -1.28. The van der Waals surface area contributed by atoms with E-state index in [1.807, 2.05) is 48.5 Å². The van der Waals surface area contributed by atoms with E-state index >= 15 is 0 Å². The van der Waals surface area contributed by atoms with Crippen molar-refractivity contribution in [1.29, 1.82) is 0 Å². The second-order valence-electron chi connectivity index (χ2n) is 11.3. The molecule has 4 aromatic carbocycles. The molecule has 3 aliphatic carbocycles. The Labute approximate surface area is 256 Å². The van der Waals surface area contributed by atoms with E-state index in [-0.39, 0.29) is 16.8 Å². The van der Waals surface area contributed by atoms with Gasteiger partial charge in [0.05, 0.1) is 16.8 Å². The minimum Gasteiger partial charge on any atom is -0.292 e. The lowest BCUT2D eigenvalue weighted by Gasteiger charge is -2.45. The molecule has 10 heteroatoms. The third kappa shape index (κ3) is 4.00. The van der Waals surface area contributed by atoms with Crippen LogP contribution < -0.4 is 0 Å². The Morgan fingerprint density at radius 3 is 1.61 bits per heavy atom. The van der Waals surface area contributed by atoms with Gasteiger partial charge in [-0.05, 0) is 65.6 Å². The quantitative estimate of drug-likeness (QED) is 0.119. The number of imide groups is 1. The highest BCUT2D eigenvalue weighted by molar-refractivity contribution is 6.30. The van der Waals surface area contributed by atoms with Crippen molar-refractivity contribution in [3.63, 3.8) is 0 Å². The van der Waals surface area contributed by atoms with Crippen LogP contribution in [-0.2, 0) is 9.59 Å². The summed E-state index contributed by atoms with van der Waals surface area (Å²) < 4.78 is 0. The average Bonchev–Trinajstić information content (AvgIpc) is 3.30. The summed E-state index contributed by atoms with van der Waals surface area (Å²) in [4.78, 5) is 67.6. The molecule has 1 fully saturated rings. The van der Waals surface area contributed by atoms with Crippen LogP contribution in [0.3, 0.4) is 0 Å². The van der Waals surface area contributed by atoms with E-state index < -0.39 is 58.1 Å². The van der Waals surface area contributed by atoms with Gasteiger partial charge in [-0.1, -0.05) is 60.1 Å². The molecular weight excluding hydrogens is 582 g/mol. The lowest BCUT2D eigenvalue weighted by molar-refractivity contribution is -0.384. The highest BCUT2D eigenvalue weighted by Gasteiger charge is 2.63. The maximum absolute atomic E-state index is 14.5. The number of nitro groups is 1. The van der Waals surface area contributed by atoms with Gasteiger partial charge in [-0.2, -0.15) is 5.01 Å². The predicted octanol–water partition coefficient (Wildman–Crippen LogP) is 5.77. The number of nitrogens with zero attached hydrogens (tertiary/aromatic N) is 3. The smallest absolute Gasteiger partial charge is 0.273 e. The molecule has 1 aliphatic heterocycles. The number of ketones is 1. The monoisotopic (exact) mass is 605 g/mol. The number of hydrogen-bond donors (Lipinski definition) is 0. The van der Waals surface area contributed by atoms with Crippen LogP contribution in [0.2, 0.25) is 5.02 Å². The molecule has 0 saturated carbocycles. The molecule has 218 valence electrons. The number of carbonyl (C=O) groups excluding carboxylic acids is 4. The third-order valence-electron chi connectivity index (χ3n) is 9.05. The first-order valence-corrected chi connectivity index (χ1v) is 14.5. The molecule has 1 saturated heterocycles. The third-order valence-corrected chi connectivity index (χ3v) is 9.30. The van der Waals surface area contributed by atoms with Gasteiger partial charge in [0.15, 0.2) is 5.78 Å². The molecule has 1 heterocycles. The van der Waals surface area contributed by atoms with Crippen molar-refractivity contribution >= 4 is 40.8 Å². The SMILES string of the molecule is C[C@H](C(=O)c1ccc(Cl)cc1)N(C(=O)c1ccc([N+](=O)[O-])cc1)N1C(=O)[C@H]2C3c4ccccc4C(c4ccccc43)[C@@H]2C1=O. The number of hydrogen-bond acceptors (Lipinski definition) is 6. The zero-order valence-electron chi connectivity index (χ0n) is 23.3. The molecule has 0 unspecified atom stereocenters. The van der Waals surface area contributed by atoms with E-state index in [2.05, 4.69) is 0 Å². The van der Waals surface area contributed by atoms with Gasteiger partial charge in [0.2, 0.25) is 0 Å². The fourth-order valence-corrected chi connectivity index (χ4v) is 7.26. The highest BCUT2D eigenvalue weighted by Crippen LogP contribution is 2.61. The first-order valence-electron chi connectivity index (χ1n) is 14.1. The zero-order chi connectivity index (χ0) is 30.9. The maximum atomic E-state index is 14.5. The standard InChI is InChI=1S/C34H24ClN3O6/c1-18(31(39)19-10-14-21(35)15-11-19)36(32(40)20-12-16-22(17-13-20)38(43)44)37-33(41)29-27-23-6-2-3-7-24(23)28(30(29)34(37)42)26-9-5-4-8-25(26)27/h2-18,27-30H,1H3/t18-,27?,28?,29+,30+/m1/s1. The topological polar surface area (TPSA) is 118 Å². The van der Waals surface area contributed by atoms with Crippen LogP contribution >= 0.6 is 11.6 Å². The van der Waals surface area contributed by atoms with Gasteiger partial charge >= 0.3 is 0 Å². The van der Waals surface area contributed by atoms with Crippen LogP contribution in [0.4, 0.5) is 5.69 Å². The van der Waals surface area contributed by atoms with Crippen molar-refractivity contribution in [2.24, 2.45) is 11.8 Å². The van der Waals surface area contributed by atoms with Crippen molar-refractivity contribution in [1.82, 2.24) is 10.0 Å². The maximum Gasteiger partial charge on any atom is 0.273 e. The van der Waals surface area contributed by atoms with Crippen LogP contribution in [0.5, 0.6) is 0 Å². The van der Waals surface area contributed by atoms with E-state index in [0.717, 1.165) is 44.4 Å². The van der Waals surface area contributed by atoms with E-state index in [9.17, 15) is 29.3 Å². The highest BCUT2D eigenvalue weighted by atomic mass is 35.5. The summed E-state index contributed by atoms with van der Waals surface area (Å²) in [5, 5.41) is 13.4. The van der Waals surface area contributed by atoms with Crippen LogP contribution in [0.25, 0.3) is 0 Å². The Morgan fingerprint density at radius 1 is 0.750 bits per heavy atom. The number of carbonyl (C=O) groups is 4. The average molecular weight is 606 g/mol. The molecule has 0 N–H and O–H groups in total. The number of nitro benzene ring substituents is 1. The molecule has 8 rings (SSSR count). The summed E-state index contributed by atoms with van der Waals surface area (Å²) in [6.45, 7) is 1.46. The van der Waals surface area contributed by atoms with Crippen LogP contribution in [0.15, 0.2) is 97.1 Å². The van der Waals surface area contributed by atoms with Gasteiger partial charge < -0.3 is 0 Å². The van der Waals surface area contributed by atoms with Crippen molar-refractivity contribution < 1.29 is 24.1 Å².